The molecule has 3 aromatic heterocycles. The number of fused-ring (bicyclic) bond motifs is 1. The lowest BCUT2D eigenvalue weighted by molar-refractivity contribution is -0.142. The van der Waals surface area contributed by atoms with Crippen LogP contribution in [0.15, 0.2) is 73.1 Å². The Balaban J connectivity index is 1.42. The van der Waals surface area contributed by atoms with E-state index in [4.69, 9.17) is 0 Å². The summed E-state index contributed by atoms with van der Waals surface area (Å²) in [6, 6.07) is 17.3. The summed E-state index contributed by atoms with van der Waals surface area (Å²) in [5.41, 5.74) is 3.04. The third kappa shape index (κ3) is 5.15. The highest BCUT2D eigenvalue weighted by atomic mass is 19.4. The number of amides is 1. The fourth-order valence-corrected chi connectivity index (χ4v) is 4.15. The zero-order valence-corrected chi connectivity index (χ0v) is 21.0. The number of hydrogen-bond donors (Lipinski definition) is 1. The lowest BCUT2D eigenvalue weighted by atomic mass is 10.0. The van der Waals surface area contributed by atoms with E-state index in [1.54, 1.807) is 23.0 Å². The average molecular weight is 519 g/mol. The molecule has 0 spiro atoms. The molecule has 0 bridgehead atoms. The van der Waals surface area contributed by atoms with E-state index >= 15 is 0 Å². The summed E-state index contributed by atoms with van der Waals surface area (Å²) >= 11 is 0. The van der Waals surface area contributed by atoms with E-state index in [9.17, 15) is 18.0 Å². The molecule has 0 aliphatic heterocycles. The first-order valence-corrected chi connectivity index (χ1v) is 12.0. The average Bonchev–Trinajstić information content (AvgIpc) is 3.51. The van der Waals surface area contributed by atoms with Crippen LogP contribution in [-0.2, 0) is 12.7 Å². The predicted octanol–water partition coefficient (Wildman–Crippen LogP) is 6.34. The van der Waals surface area contributed by atoms with Gasteiger partial charge in [0.15, 0.2) is 17.0 Å². The lowest BCUT2D eigenvalue weighted by Crippen LogP contribution is -2.15. The van der Waals surface area contributed by atoms with E-state index in [0.29, 0.717) is 22.3 Å². The van der Waals surface area contributed by atoms with Crippen molar-refractivity contribution >= 4 is 17.2 Å². The van der Waals surface area contributed by atoms with Gasteiger partial charge in [-0.05, 0) is 35.6 Å². The van der Waals surface area contributed by atoms with Gasteiger partial charge in [-0.1, -0.05) is 62.4 Å². The van der Waals surface area contributed by atoms with Crippen molar-refractivity contribution < 1.29 is 18.0 Å². The fraction of sp³-hybridized carbons (Fsp3) is 0.214. The monoisotopic (exact) mass is 518 g/mol. The molecule has 0 saturated heterocycles. The van der Waals surface area contributed by atoms with Gasteiger partial charge in [0.25, 0.3) is 5.91 Å². The molecule has 0 atom stereocenters. The van der Waals surface area contributed by atoms with Crippen molar-refractivity contribution in [3.63, 3.8) is 0 Å². The number of benzene rings is 2. The fourth-order valence-electron chi connectivity index (χ4n) is 4.15. The number of alkyl halides is 3. The number of anilines is 1. The molecule has 0 unspecified atom stereocenters. The summed E-state index contributed by atoms with van der Waals surface area (Å²) in [6.07, 6.45) is -1.58. The number of carbonyl (C=O) groups excluding carboxylic acids is 1. The molecule has 5 rings (SSSR count). The minimum Gasteiger partial charge on any atom is -0.318 e. The zero-order chi connectivity index (χ0) is 27.0. The Bertz CT molecular complexity index is 1620. The van der Waals surface area contributed by atoms with Crippen molar-refractivity contribution in [3.05, 3.63) is 101 Å². The summed E-state index contributed by atoms with van der Waals surface area (Å²) < 4.78 is 44.2. The van der Waals surface area contributed by atoms with Crippen LogP contribution in [-0.4, -0.2) is 30.3 Å². The number of hydrogen-bond acceptors (Lipinski definition) is 4. The van der Waals surface area contributed by atoms with E-state index in [1.807, 2.05) is 57.2 Å². The summed E-state index contributed by atoms with van der Waals surface area (Å²) in [5.74, 6) is -0.377. The van der Waals surface area contributed by atoms with Gasteiger partial charge >= 0.3 is 6.18 Å². The summed E-state index contributed by atoms with van der Waals surface area (Å²) in [7, 11) is 0. The first-order chi connectivity index (χ1) is 18.1. The first-order valence-electron chi connectivity index (χ1n) is 12.0. The second-order valence-electron chi connectivity index (χ2n) is 9.41. The third-order valence-corrected chi connectivity index (χ3v) is 6.31. The van der Waals surface area contributed by atoms with Gasteiger partial charge in [0.1, 0.15) is 0 Å². The minimum atomic E-state index is -4.70. The van der Waals surface area contributed by atoms with E-state index in [0.717, 1.165) is 22.8 Å². The van der Waals surface area contributed by atoms with Gasteiger partial charge in [0.2, 0.25) is 0 Å². The number of nitrogens with zero attached hydrogens (tertiary/aromatic N) is 5. The quantitative estimate of drug-likeness (QED) is 0.284. The van der Waals surface area contributed by atoms with Gasteiger partial charge in [-0.3, -0.25) is 9.48 Å². The van der Waals surface area contributed by atoms with E-state index in [-0.39, 0.29) is 23.0 Å². The SMILES string of the molecule is Cc1ccccc1Cn1cc(NC(=O)c2cc3nc(-c4ccc(C(C)C)cc4)cc(C(F)(F)F)n3n2)cn1. The molecule has 1 N–H and O–H groups in total. The number of aromatic nitrogens is 5. The van der Waals surface area contributed by atoms with Crippen LogP contribution in [0.3, 0.4) is 0 Å². The Morgan fingerprint density at radius 2 is 1.79 bits per heavy atom. The summed E-state index contributed by atoms with van der Waals surface area (Å²) in [4.78, 5) is 17.3. The van der Waals surface area contributed by atoms with Gasteiger partial charge in [-0.15, -0.1) is 0 Å². The van der Waals surface area contributed by atoms with Crippen molar-refractivity contribution in [2.75, 3.05) is 5.32 Å². The van der Waals surface area contributed by atoms with Crippen LogP contribution in [0.2, 0.25) is 0 Å². The molecule has 0 aliphatic rings. The summed E-state index contributed by atoms with van der Waals surface area (Å²) in [5, 5.41) is 10.8. The second-order valence-corrected chi connectivity index (χ2v) is 9.41. The Morgan fingerprint density at radius 3 is 2.47 bits per heavy atom. The molecule has 1 amide bonds. The molecular weight excluding hydrogens is 493 g/mol. The predicted molar refractivity (Wildman–Crippen MR) is 138 cm³/mol. The Morgan fingerprint density at radius 1 is 1.05 bits per heavy atom. The van der Waals surface area contributed by atoms with E-state index in [2.05, 4.69) is 20.5 Å². The van der Waals surface area contributed by atoms with Gasteiger partial charge in [0, 0.05) is 17.8 Å². The highest BCUT2D eigenvalue weighted by Crippen LogP contribution is 2.33. The number of aryl methyl sites for hydroxylation is 1. The number of carbonyl (C=O) groups is 1. The molecule has 10 heteroatoms. The molecule has 3 heterocycles. The van der Waals surface area contributed by atoms with E-state index < -0.39 is 17.8 Å². The van der Waals surface area contributed by atoms with Crippen molar-refractivity contribution in [2.24, 2.45) is 0 Å². The van der Waals surface area contributed by atoms with Gasteiger partial charge in [-0.25, -0.2) is 9.50 Å². The summed E-state index contributed by atoms with van der Waals surface area (Å²) in [6.45, 7) is 6.58. The van der Waals surface area contributed by atoms with Gasteiger partial charge in [-0.2, -0.15) is 23.4 Å². The third-order valence-electron chi connectivity index (χ3n) is 6.31. The van der Waals surface area contributed by atoms with Crippen LogP contribution in [0.5, 0.6) is 0 Å². The highest BCUT2D eigenvalue weighted by Gasteiger charge is 2.35. The maximum absolute atomic E-state index is 14.0. The highest BCUT2D eigenvalue weighted by molar-refractivity contribution is 6.03. The molecule has 194 valence electrons. The van der Waals surface area contributed by atoms with E-state index in [1.165, 1.54) is 12.3 Å². The van der Waals surface area contributed by atoms with Crippen molar-refractivity contribution in [1.82, 2.24) is 24.4 Å². The largest absolute Gasteiger partial charge is 0.433 e. The van der Waals surface area contributed by atoms with Crippen molar-refractivity contribution in [2.45, 2.75) is 39.4 Å². The van der Waals surface area contributed by atoms with Crippen molar-refractivity contribution in [3.8, 4) is 11.3 Å². The van der Waals surface area contributed by atoms with Crippen molar-refractivity contribution in [1.29, 1.82) is 0 Å². The zero-order valence-electron chi connectivity index (χ0n) is 21.0. The number of rotatable bonds is 6. The second kappa shape index (κ2) is 9.77. The standard InChI is InChI=1S/C28H25F3N6O/c1-17(2)19-8-10-20(11-9-19)23-12-25(28(29,30)31)37-26(34-23)13-24(35-37)27(38)33-22-14-32-36(16-22)15-21-7-5-4-6-18(21)3/h4-14,16-17H,15H2,1-3H3,(H,33,38). The van der Waals surface area contributed by atoms with Crippen LogP contribution >= 0.6 is 0 Å². The van der Waals surface area contributed by atoms with Gasteiger partial charge in [0.05, 0.1) is 24.1 Å². The topological polar surface area (TPSA) is 77.1 Å². The molecule has 5 aromatic rings. The molecule has 0 fully saturated rings. The number of halogens is 3. The molecular formula is C28H25F3N6O. The maximum Gasteiger partial charge on any atom is 0.433 e. The smallest absolute Gasteiger partial charge is 0.318 e. The Hall–Kier alpha value is -4.47. The Kier molecular flexibility index (Phi) is 6.48. The molecule has 38 heavy (non-hydrogen) atoms. The van der Waals surface area contributed by atoms with Crippen LogP contribution in [0, 0.1) is 6.92 Å². The molecule has 0 radical (unpaired) electrons. The molecule has 2 aromatic carbocycles. The Labute approximate surface area is 216 Å². The van der Waals surface area contributed by atoms with Crippen LogP contribution in [0.25, 0.3) is 16.9 Å². The van der Waals surface area contributed by atoms with Crippen LogP contribution in [0.4, 0.5) is 18.9 Å². The molecule has 7 nitrogen and oxygen atoms in total. The van der Waals surface area contributed by atoms with Gasteiger partial charge < -0.3 is 5.32 Å². The van der Waals surface area contributed by atoms with Crippen LogP contribution < -0.4 is 5.32 Å². The molecule has 0 aliphatic carbocycles. The normalized spacial score (nSPS) is 11.9. The number of nitrogens with one attached hydrogen (secondary N) is 1. The minimum absolute atomic E-state index is 0.0804. The molecule has 0 saturated carbocycles. The lowest BCUT2D eigenvalue weighted by Gasteiger charge is -2.11. The first kappa shape index (κ1) is 25.2. The maximum atomic E-state index is 14.0. The van der Waals surface area contributed by atoms with Crippen LogP contribution in [0.1, 0.15) is 52.6 Å².